The summed E-state index contributed by atoms with van der Waals surface area (Å²) in [6.07, 6.45) is 3.90. The lowest BCUT2D eigenvalue weighted by Crippen LogP contribution is -2.55. The molecule has 0 spiro atoms. The molecular weight excluding hydrogens is 417 g/mol. The van der Waals surface area contributed by atoms with Crippen molar-refractivity contribution in [1.82, 2.24) is 9.97 Å². The molecule has 1 aliphatic rings. The van der Waals surface area contributed by atoms with E-state index in [2.05, 4.69) is 14.9 Å². The highest BCUT2D eigenvalue weighted by atomic mass is 19.1. The Bertz CT molecular complexity index is 1080. The van der Waals surface area contributed by atoms with Crippen LogP contribution in [0.25, 0.3) is 11.3 Å². The Balaban J connectivity index is 1.57. The summed E-state index contributed by atoms with van der Waals surface area (Å²) in [6, 6.07) is 7.64. The first-order chi connectivity index (χ1) is 15.3. The number of pyridine rings is 2. The van der Waals surface area contributed by atoms with Crippen LogP contribution in [0.1, 0.15) is 18.2 Å². The molecule has 5 nitrogen and oxygen atoms in total. The number of benzene rings is 1. The van der Waals surface area contributed by atoms with Crippen LogP contribution in [0.5, 0.6) is 0 Å². The fourth-order valence-electron chi connectivity index (χ4n) is 4.22. The molecule has 2 aromatic heterocycles. The van der Waals surface area contributed by atoms with Crippen LogP contribution in [0.15, 0.2) is 48.8 Å². The number of rotatable bonds is 5. The summed E-state index contributed by atoms with van der Waals surface area (Å²) in [7, 11) is 0. The van der Waals surface area contributed by atoms with Gasteiger partial charge in [-0.25, -0.2) is 18.2 Å². The SMILES string of the molecule is C[C@H]1CN(c2ccncc2CCc2ccc(F)c(-c3c(F)cccc3F)n2)C[C@@H](N)[C@@H]1O. The quantitative estimate of drug-likeness (QED) is 0.633. The van der Waals surface area contributed by atoms with E-state index in [4.69, 9.17) is 5.73 Å². The summed E-state index contributed by atoms with van der Waals surface area (Å²) in [4.78, 5) is 10.6. The van der Waals surface area contributed by atoms with Gasteiger partial charge < -0.3 is 15.7 Å². The van der Waals surface area contributed by atoms with Crippen molar-refractivity contribution < 1.29 is 18.3 Å². The van der Waals surface area contributed by atoms with Crippen LogP contribution in [-0.4, -0.2) is 40.3 Å². The average molecular weight is 442 g/mol. The van der Waals surface area contributed by atoms with Crippen molar-refractivity contribution in [2.45, 2.75) is 31.9 Å². The van der Waals surface area contributed by atoms with Gasteiger partial charge in [0.15, 0.2) is 0 Å². The minimum absolute atomic E-state index is 0.0248. The van der Waals surface area contributed by atoms with Gasteiger partial charge in [-0.2, -0.15) is 0 Å². The summed E-state index contributed by atoms with van der Waals surface area (Å²) >= 11 is 0. The lowest BCUT2D eigenvalue weighted by atomic mass is 9.92. The van der Waals surface area contributed by atoms with Gasteiger partial charge in [0, 0.05) is 48.8 Å². The Labute approximate surface area is 184 Å². The first-order valence-corrected chi connectivity index (χ1v) is 10.6. The minimum Gasteiger partial charge on any atom is -0.391 e. The van der Waals surface area contributed by atoms with Crippen LogP contribution in [0.3, 0.4) is 0 Å². The molecule has 168 valence electrons. The van der Waals surface area contributed by atoms with Gasteiger partial charge in [0.25, 0.3) is 0 Å². The smallest absolute Gasteiger partial charge is 0.149 e. The molecule has 3 aromatic rings. The molecular formula is C24H25F3N4O. The molecule has 0 saturated carbocycles. The van der Waals surface area contributed by atoms with Crippen LogP contribution in [0.2, 0.25) is 0 Å². The number of anilines is 1. The standard InChI is InChI=1S/C24H25F3N4O/c1-14-12-31(13-20(28)24(14)32)21-9-10-29-11-15(21)5-6-16-7-8-19(27)23(30-16)22-17(25)3-2-4-18(22)26/h2-4,7-11,14,20,24,32H,5-6,12-13,28H2,1H3/t14-,20+,24+/m0/s1. The zero-order chi connectivity index (χ0) is 22.8. The summed E-state index contributed by atoms with van der Waals surface area (Å²) < 4.78 is 42.7. The highest BCUT2D eigenvalue weighted by Crippen LogP contribution is 2.29. The molecule has 1 saturated heterocycles. The van der Waals surface area contributed by atoms with Crippen molar-refractivity contribution in [3.05, 3.63) is 77.5 Å². The van der Waals surface area contributed by atoms with Crippen molar-refractivity contribution in [2.24, 2.45) is 11.7 Å². The van der Waals surface area contributed by atoms with E-state index < -0.39 is 29.1 Å². The molecule has 0 amide bonds. The highest BCUT2D eigenvalue weighted by molar-refractivity contribution is 5.61. The number of nitrogens with two attached hydrogens (primary N) is 1. The predicted octanol–water partition coefficient (Wildman–Crippen LogP) is 3.49. The maximum absolute atomic E-state index is 14.3. The number of aliphatic hydroxyl groups excluding tert-OH is 1. The second kappa shape index (κ2) is 9.26. The third-order valence-electron chi connectivity index (χ3n) is 5.93. The molecule has 1 fully saturated rings. The Morgan fingerprint density at radius 1 is 1.03 bits per heavy atom. The van der Waals surface area contributed by atoms with Gasteiger partial charge in [-0.05, 0) is 48.7 Å². The maximum Gasteiger partial charge on any atom is 0.149 e. The zero-order valence-corrected chi connectivity index (χ0v) is 17.7. The van der Waals surface area contributed by atoms with Crippen LogP contribution in [-0.2, 0) is 12.8 Å². The molecule has 1 aromatic carbocycles. The third-order valence-corrected chi connectivity index (χ3v) is 5.93. The van der Waals surface area contributed by atoms with E-state index >= 15 is 0 Å². The lowest BCUT2D eigenvalue weighted by molar-refractivity contribution is 0.0784. The van der Waals surface area contributed by atoms with Crippen LogP contribution in [0.4, 0.5) is 18.9 Å². The maximum atomic E-state index is 14.3. The monoisotopic (exact) mass is 442 g/mol. The fourth-order valence-corrected chi connectivity index (χ4v) is 4.22. The predicted molar refractivity (Wildman–Crippen MR) is 117 cm³/mol. The number of aromatic nitrogens is 2. The number of nitrogens with zero attached hydrogens (tertiary/aromatic N) is 3. The Hall–Kier alpha value is -2.97. The van der Waals surface area contributed by atoms with Gasteiger partial charge in [-0.1, -0.05) is 13.0 Å². The molecule has 1 aliphatic heterocycles. The molecule has 3 N–H and O–H groups in total. The largest absolute Gasteiger partial charge is 0.391 e. The molecule has 3 atom stereocenters. The van der Waals surface area contributed by atoms with E-state index in [1.54, 1.807) is 12.4 Å². The molecule has 0 radical (unpaired) electrons. The molecule has 3 heterocycles. The number of piperidine rings is 1. The van der Waals surface area contributed by atoms with E-state index in [1.807, 2.05) is 13.0 Å². The number of hydrogen-bond acceptors (Lipinski definition) is 5. The summed E-state index contributed by atoms with van der Waals surface area (Å²) in [5.41, 5.74) is 7.73. The first kappa shape index (κ1) is 22.2. The molecule has 0 aliphatic carbocycles. The fraction of sp³-hybridized carbons (Fsp3) is 0.333. The van der Waals surface area contributed by atoms with Crippen molar-refractivity contribution in [3.8, 4) is 11.3 Å². The average Bonchev–Trinajstić information content (AvgIpc) is 2.77. The molecule has 0 unspecified atom stereocenters. The number of hydrogen-bond donors (Lipinski definition) is 2. The zero-order valence-electron chi connectivity index (χ0n) is 17.7. The molecule has 8 heteroatoms. The van der Waals surface area contributed by atoms with Crippen molar-refractivity contribution in [1.29, 1.82) is 0 Å². The topological polar surface area (TPSA) is 75.3 Å². The first-order valence-electron chi connectivity index (χ1n) is 10.6. The Morgan fingerprint density at radius 3 is 2.50 bits per heavy atom. The van der Waals surface area contributed by atoms with Crippen molar-refractivity contribution in [3.63, 3.8) is 0 Å². The molecule has 4 rings (SSSR count). The van der Waals surface area contributed by atoms with Gasteiger partial charge in [0.05, 0.1) is 11.7 Å². The van der Waals surface area contributed by atoms with Crippen LogP contribution in [0, 0.1) is 23.4 Å². The van der Waals surface area contributed by atoms with Gasteiger partial charge in [-0.15, -0.1) is 0 Å². The summed E-state index contributed by atoms with van der Waals surface area (Å²) in [5, 5.41) is 10.2. The Kier molecular flexibility index (Phi) is 6.43. The van der Waals surface area contributed by atoms with E-state index in [0.717, 1.165) is 23.4 Å². The van der Waals surface area contributed by atoms with Crippen molar-refractivity contribution in [2.75, 3.05) is 18.0 Å². The van der Waals surface area contributed by atoms with Gasteiger partial charge in [-0.3, -0.25) is 4.98 Å². The summed E-state index contributed by atoms with van der Waals surface area (Å²) in [6.45, 7) is 3.15. The van der Waals surface area contributed by atoms with Gasteiger partial charge >= 0.3 is 0 Å². The normalized spacial score (nSPS) is 21.1. The van der Waals surface area contributed by atoms with E-state index in [-0.39, 0.29) is 17.7 Å². The van der Waals surface area contributed by atoms with E-state index in [1.165, 1.54) is 18.2 Å². The third kappa shape index (κ3) is 4.47. The number of aliphatic hydroxyl groups is 1. The van der Waals surface area contributed by atoms with E-state index in [9.17, 15) is 18.3 Å². The van der Waals surface area contributed by atoms with Crippen LogP contribution >= 0.6 is 0 Å². The molecule has 0 bridgehead atoms. The molecule has 32 heavy (non-hydrogen) atoms. The second-order valence-electron chi connectivity index (χ2n) is 8.27. The lowest BCUT2D eigenvalue weighted by Gasteiger charge is -2.40. The van der Waals surface area contributed by atoms with Crippen LogP contribution < -0.4 is 10.6 Å². The minimum atomic E-state index is -0.860. The second-order valence-corrected chi connectivity index (χ2v) is 8.27. The highest BCUT2D eigenvalue weighted by Gasteiger charge is 2.31. The van der Waals surface area contributed by atoms with Crippen molar-refractivity contribution >= 4 is 5.69 Å². The van der Waals surface area contributed by atoms with Gasteiger partial charge in [0.1, 0.15) is 23.1 Å². The summed E-state index contributed by atoms with van der Waals surface area (Å²) in [5.74, 6) is -2.48. The number of halogens is 3. The van der Waals surface area contributed by atoms with E-state index in [0.29, 0.717) is 31.6 Å². The Morgan fingerprint density at radius 2 is 1.78 bits per heavy atom. The van der Waals surface area contributed by atoms with Gasteiger partial charge in [0.2, 0.25) is 0 Å². The number of aryl methyl sites for hydroxylation is 2.